The van der Waals surface area contributed by atoms with Gasteiger partial charge in [-0.25, -0.2) is 4.68 Å². The van der Waals surface area contributed by atoms with Crippen molar-refractivity contribution < 1.29 is 9.21 Å². The summed E-state index contributed by atoms with van der Waals surface area (Å²) in [5.41, 5.74) is 3.12. The van der Waals surface area contributed by atoms with Crippen molar-refractivity contribution in [3.05, 3.63) is 72.0 Å². The summed E-state index contributed by atoms with van der Waals surface area (Å²) in [6, 6.07) is 11.3. The molecule has 0 radical (unpaired) electrons. The van der Waals surface area contributed by atoms with Crippen molar-refractivity contribution in [1.29, 1.82) is 0 Å². The van der Waals surface area contributed by atoms with Gasteiger partial charge in [0.2, 0.25) is 0 Å². The minimum absolute atomic E-state index is 0.0437. The number of ketones is 1. The zero-order valence-electron chi connectivity index (χ0n) is 16.9. The number of benzene rings is 1. The van der Waals surface area contributed by atoms with Gasteiger partial charge >= 0.3 is 0 Å². The van der Waals surface area contributed by atoms with Gasteiger partial charge in [-0.1, -0.05) is 5.21 Å². The van der Waals surface area contributed by atoms with Gasteiger partial charge in [0.15, 0.2) is 5.78 Å². The van der Waals surface area contributed by atoms with Crippen LogP contribution < -0.4 is 0 Å². The molecule has 2 aromatic heterocycles. The summed E-state index contributed by atoms with van der Waals surface area (Å²) < 4.78 is 7.26. The van der Waals surface area contributed by atoms with Crippen LogP contribution in [0.1, 0.15) is 60.3 Å². The number of furan rings is 1. The molecule has 5 nitrogen and oxygen atoms in total. The second-order valence-electron chi connectivity index (χ2n) is 9.49. The van der Waals surface area contributed by atoms with E-state index in [1.807, 2.05) is 41.2 Å². The maximum atomic E-state index is 12.5. The van der Waals surface area contributed by atoms with E-state index in [9.17, 15) is 4.79 Å². The van der Waals surface area contributed by atoms with Gasteiger partial charge in [0.1, 0.15) is 5.76 Å². The van der Waals surface area contributed by atoms with E-state index >= 15 is 0 Å². The zero-order chi connectivity index (χ0) is 20.1. The van der Waals surface area contributed by atoms with Crippen molar-refractivity contribution in [3.63, 3.8) is 0 Å². The number of hydrogen-bond donors (Lipinski definition) is 0. The minimum atomic E-state index is -0.0437. The Bertz CT molecular complexity index is 1060. The van der Waals surface area contributed by atoms with Crippen LogP contribution in [0.2, 0.25) is 0 Å². The van der Waals surface area contributed by atoms with E-state index in [1.165, 1.54) is 44.2 Å². The topological polar surface area (TPSA) is 60.9 Å². The average Bonchev–Trinajstić information content (AvgIpc) is 3.43. The Morgan fingerprint density at radius 3 is 2.37 bits per heavy atom. The lowest BCUT2D eigenvalue weighted by atomic mass is 9.49. The summed E-state index contributed by atoms with van der Waals surface area (Å²) in [6.45, 7) is 0. The number of allylic oxidation sites excluding steroid dienone is 1. The van der Waals surface area contributed by atoms with E-state index in [1.54, 1.807) is 24.5 Å². The fourth-order valence-corrected chi connectivity index (χ4v) is 6.62. The molecule has 3 aromatic rings. The first-order valence-corrected chi connectivity index (χ1v) is 11.0. The van der Waals surface area contributed by atoms with Crippen LogP contribution in [-0.2, 0) is 5.41 Å². The molecule has 7 rings (SSSR count). The highest BCUT2D eigenvalue weighted by Crippen LogP contribution is 2.60. The molecule has 4 bridgehead atoms. The number of rotatable bonds is 5. The van der Waals surface area contributed by atoms with Crippen molar-refractivity contribution in [3.8, 4) is 5.69 Å². The predicted octanol–water partition coefficient (Wildman–Crippen LogP) is 5.22. The van der Waals surface area contributed by atoms with Crippen LogP contribution >= 0.6 is 0 Å². The first-order valence-electron chi connectivity index (χ1n) is 11.0. The van der Waals surface area contributed by atoms with Gasteiger partial charge in [-0.2, -0.15) is 0 Å². The summed E-state index contributed by atoms with van der Waals surface area (Å²) in [5, 5.41) is 8.74. The first kappa shape index (κ1) is 17.9. The lowest BCUT2D eigenvalue weighted by Gasteiger charge is -2.56. The molecule has 4 aliphatic carbocycles. The Labute approximate surface area is 175 Å². The fourth-order valence-electron chi connectivity index (χ4n) is 6.62. The molecule has 2 heterocycles. The number of aromatic nitrogens is 3. The van der Waals surface area contributed by atoms with Gasteiger partial charge in [-0.05, 0) is 105 Å². The smallest absolute Gasteiger partial charge is 0.185 e. The Balaban J connectivity index is 1.27. The number of carbonyl (C=O) groups is 1. The Kier molecular flexibility index (Phi) is 4.05. The maximum absolute atomic E-state index is 12.5. The Morgan fingerprint density at radius 1 is 1.03 bits per heavy atom. The summed E-state index contributed by atoms with van der Waals surface area (Å²) in [5.74, 6) is 3.25. The molecular formula is C25H25N3O2. The monoisotopic (exact) mass is 399 g/mol. The molecule has 4 saturated carbocycles. The van der Waals surface area contributed by atoms with Crippen LogP contribution in [0.4, 0.5) is 0 Å². The molecule has 0 unspecified atom stereocenters. The largest absolute Gasteiger partial charge is 0.465 e. The SMILES string of the molecule is O=C(/C=C\c1ccco1)c1ccc(-n2nncc2C23CC4CC(CC(C4)C2)C3)cc1. The zero-order valence-corrected chi connectivity index (χ0v) is 16.9. The fraction of sp³-hybridized carbons (Fsp3) is 0.400. The third kappa shape index (κ3) is 2.95. The second-order valence-corrected chi connectivity index (χ2v) is 9.49. The van der Waals surface area contributed by atoms with E-state index in [0.29, 0.717) is 11.3 Å². The van der Waals surface area contributed by atoms with E-state index in [0.717, 1.165) is 23.4 Å². The molecule has 0 aliphatic heterocycles. The molecule has 4 fully saturated rings. The number of carbonyl (C=O) groups excluding carboxylic acids is 1. The van der Waals surface area contributed by atoms with Gasteiger partial charge in [-0.15, -0.1) is 5.10 Å². The molecule has 0 amide bonds. The number of hydrogen-bond acceptors (Lipinski definition) is 4. The van der Waals surface area contributed by atoms with E-state index in [-0.39, 0.29) is 11.2 Å². The lowest BCUT2D eigenvalue weighted by molar-refractivity contribution is -0.00828. The molecule has 4 aliphatic rings. The van der Waals surface area contributed by atoms with Crippen molar-refractivity contribution >= 4 is 11.9 Å². The van der Waals surface area contributed by atoms with Crippen LogP contribution in [0.15, 0.2) is 59.4 Å². The second kappa shape index (κ2) is 6.79. The molecule has 1 aromatic carbocycles. The molecule has 0 atom stereocenters. The molecule has 5 heteroatoms. The quantitative estimate of drug-likeness (QED) is 0.436. The van der Waals surface area contributed by atoms with Crippen LogP contribution in [-0.4, -0.2) is 20.8 Å². The van der Waals surface area contributed by atoms with E-state index < -0.39 is 0 Å². The van der Waals surface area contributed by atoms with Gasteiger partial charge < -0.3 is 4.42 Å². The van der Waals surface area contributed by atoms with Gasteiger partial charge in [0.25, 0.3) is 0 Å². The van der Waals surface area contributed by atoms with Crippen LogP contribution in [0.5, 0.6) is 0 Å². The standard InChI is InChI=1S/C25H25N3O2/c29-23(8-7-22-2-1-9-30-22)20-3-5-21(6-4-20)28-24(16-26-27-28)25-13-17-10-18(14-25)12-19(11-17)15-25/h1-9,16-19H,10-15H2/b8-7-. The van der Waals surface area contributed by atoms with Crippen molar-refractivity contribution in [2.45, 2.75) is 43.9 Å². The third-order valence-electron chi connectivity index (χ3n) is 7.47. The molecule has 0 spiro atoms. The van der Waals surface area contributed by atoms with Crippen molar-refractivity contribution in [1.82, 2.24) is 15.0 Å². The minimum Gasteiger partial charge on any atom is -0.465 e. The predicted molar refractivity (Wildman–Crippen MR) is 113 cm³/mol. The normalized spacial score (nSPS) is 29.7. The van der Waals surface area contributed by atoms with Gasteiger partial charge in [0, 0.05) is 11.0 Å². The highest BCUT2D eigenvalue weighted by molar-refractivity contribution is 6.06. The molecule has 0 saturated heterocycles. The van der Waals surface area contributed by atoms with Gasteiger partial charge in [0.05, 0.1) is 23.8 Å². The van der Waals surface area contributed by atoms with E-state index in [2.05, 4.69) is 10.3 Å². The maximum Gasteiger partial charge on any atom is 0.185 e. The van der Waals surface area contributed by atoms with Crippen molar-refractivity contribution in [2.75, 3.05) is 0 Å². The highest BCUT2D eigenvalue weighted by Gasteiger charge is 2.53. The molecule has 30 heavy (non-hydrogen) atoms. The Morgan fingerprint density at radius 2 is 1.73 bits per heavy atom. The number of nitrogens with zero attached hydrogens (tertiary/aromatic N) is 3. The van der Waals surface area contributed by atoms with Crippen LogP contribution in [0.3, 0.4) is 0 Å². The summed E-state index contributed by atoms with van der Waals surface area (Å²) in [4.78, 5) is 12.5. The summed E-state index contributed by atoms with van der Waals surface area (Å²) in [7, 11) is 0. The molecule has 152 valence electrons. The Hall–Kier alpha value is -2.95. The van der Waals surface area contributed by atoms with Crippen molar-refractivity contribution in [2.24, 2.45) is 17.8 Å². The third-order valence-corrected chi connectivity index (χ3v) is 7.47. The summed E-state index contributed by atoms with van der Waals surface area (Å²) >= 11 is 0. The van der Waals surface area contributed by atoms with E-state index in [4.69, 9.17) is 4.42 Å². The van der Waals surface area contributed by atoms with Crippen LogP contribution in [0.25, 0.3) is 11.8 Å². The first-order chi connectivity index (χ1) is 14.7. The van der Waals surface area contributed by atoms with Crippen LogP contribution in [0, 0.1) is 17.8 Å². The molecule has 0 N–H and O–H groups in total. The average molecular weight is 399 g/mol. The lowest BCUT2D eigenvalue weighted by Crippen LogP contribution is -2.49. The highest BCUT2D eigenvalue weighted by atomic mass is 16.3. The molecular weight excluding hydrogens is 374 g/mol. The van der Waals surface area contributed by atoms with Gasteiger partial charge in [-0.3, -0.25) is 4.79 Å². The summed E-state index contributed by atoms with van der Waals surface area (Å²) in [6.07, 6.45) is 14.9.